The predicted molar refractivity (Wildman–Crippen MR) is 116 cm³/mol. The number of hydrogen-bond donors (Lipinski definition) is 1. The number of nitrogens with one attached hydrogen (secondary N) is 1. The van der Waals surface area contributed by atoms with Crippen molar-refractivity contribution in [3.63, 3.8) is 0 Å². The highest BCUT2D eigenvalue weighted by atomic mass is 32.1. The second kappa shape index (κ2) is 8.87. The number of pyridine rings is 1. The molecule has 0 saturated carbocycles. The molecule has 4 aromatic rings. The van der Waals surface area contributed by atoms with Crippen LogP contribution in [0.3, 0.4) is 0 Å². The summed E-state index contributed by atoms with van der Waals surface area (Å²) in [6, 6.07) is 15.4. The van der Waals surface area contributed by atoms with Gasteiger partial charge in [-0.1, -0.05) is 18.2 Å². The smallest absolute Gasteiger partial charge is 0.224 e. The van der Waals surface area contributed by atoms with Gasteiger partial charge in [0, 0.05) is 23.9 Å². The molecule has 1 N–H and O–H groups in total. The summed E-state index contributed by atoms with van der Waals surface area (Å²) in [5.74, 6) is 1.47. The van der Waals surface area contributed by atoms with Crippen LogP contribution in [0.25, 0.3) is 11.2 Å². The van der Waals surface area contributed by atoms with Crippen LogP contribution < -0.4 is 10.1 Å². The van der Waals surface area contributed by atoms with E-state index in [-0.39, 0.29) is 5.91 Å². The van der Waals surface area contributed by atoms with Crippen molar-refractivity contribution in [2.45, 2.75) is 26.3 Å². The van der Waals surface area contributed by atoms with Crippen LogP contribution in [0, 0.1) is 0 Å². The highest BCUT2D eigenvalue weighted by Crippen LogP contribution is 2.24. The molecule has 0 unspecified atom stereocenters. The second-order valence-electron chi connectivity index (χ2n) is 6.52. The average molecular weight is 407 g/mol. The number of carbonyl (C=O) groups is 1. The van der Waals surface area contributed by atoms with Crippen molar-refractivity contribution >= 4 is 34.1 Å². The molecular weight excluding hydrogens is 384 g/mol. The zero-order valence-corrected chi connectivity index (χ0v) is 17.0. The van der Waals surface area contributed by atoms with Crippen molar-refractivity contribution in [1.29, 1.82) is 0 Å². The Balaban J connectivity index is 1.50. The Morgan fingerprint density at radius 2 is 2.07 bits per heavy atom. The molecule has 0 fully saturated rings. The molecule has 0 radical (unpaired) electrons. The van der Waals surface area contributed by atoms with Crippen LogP contribution >= 0.6 is 11.3 Å². The second-order valence-corrected chi connectivity index (χ2v) is 7.55. The Morgan fingerprint density at radius 1 is 1.17 bits per heavy atom. The molecule has 0 saturated heterocycles. The van der Waals surface area contributed by atoms with Gasteiger partial charge in [0.05, 0.1) is 18.8 Å². The summed E-state index contributed by atoms with van der Waals surface area (Å²) in [4.78, 5) is 23.0. The molecule has 29 heavy (non-hydrogen) atoms. The fourth-order valence-electron chi connectivity index (χ4n) is 3.21. The van der Waals surface area contributed by atoms with Crippen molar-refractivity contribution in [3.8, 4) is 5.75 Å². The van der Waals surface area contributed by atoms with E-state index < -0.39 is 0 Å². The zero-order valence-electron chi connectivity index (χ0n) is 16.2. The van der Waals surface area contributed by atoms with Crippen molar-refractivity contribution < 1.29 is 9.53 Å². The van der Waals surface area contributed by atoms with Crippen molar-refractivity contribution in [2.24, 2.45) is 0 Å². The van der Waals surface area contributed by atoms with Gasteiger partial charge >= 0.3 is 0 Å². The van der Waals surface area contributed by atoms with E-state index in [4.69, 9.17) is 9.72 Å². The molecule has 6 nitrogen and oxygen atoms in total. The lowest BCUT2D eigenvalue weighted by atomic mass is 10.2. The monoisotopic (exact) mass is 406 g/mol. The number of hydrogen-bond acceptors (Lipinski definition) is 5. The summed E-state index contributed by atoms with van der Waals surface area (Å²) in [5.41, 5.74) is 2.38. The fraction of sp³-hybridized carbons (Fsp3) is 0.227. The van der Waals surface area contributed by atoms with E-state index in [0.29, 0.717) is 37.4 Å². The molecule has 0 aliphatic carbocycles. The third-order valence-electron chi connectivity index (χ3n) is 4.51. The van der Waals surface area contributed by atoms with E-state index in [1.165, 1.54) is 4.88 Å². The Bertz CT molecular complexity index is 1110. The number of carbonyl (C=O) groups excluding carboxylic acids is 1. The van der Waals surface area contributed by atoms with Crippen LogP contribution in [0.5, 0.6) is 5.75 Å². The normalized spacial score (nSPS) is 10.9. The summed E-state index contributed by atoms with van der Waals surface area (Å²) in [7, 11) is 0. The molecule has 0 aliphatic rings. The summed E-state index contributed by atoms with van der Waals surface area (Å²) < 4.78 is 7.68. The third kappa shape index (κ3) is 4.46. The van der Waals surface area contributed by atoms with E-state index in [1.54, 1.807) is 17.5 Å². The Kier molecular flexibility index (Phi) is 5.86. The number of rotatable bonds is 8. The van der Waals surface area contributed by atoms with Crippen molar-refractivity contribution in [2.75, 3.05) is 11.9 Å². The van der Waals surface area contributed by atoms with Gasteiger partial charge in [-0.3, -0.25) is 4.79 Å². The molecule has 0 aliphatic heterocycles. The van der Waals surface area contributed by atoms with E-state index >= 15 is 0 Å². The van der Waals surface area contributed by atoms with Gasteiger partial charge in [0.1, 0.15) is 17.1 Å². The molecule has 0 bridgehead atoms. The van der Waals surface area contributed by atoms with Gasteiger partial charge in [-0.2, -0.15) is 0 Å². The molecule has 1 amide bonds. The van der Waals surface area contributed by atoms with Gasteiger partial charge in [-0.05, 0) is 42.6 Å². The number of amides is 1. The summed E-state index contributed by atoms with van der Waals surface area (Å²) in [5, 5.41) is 5.01. The first-order chi connectivity index (χ1) is 14.2. The van der Waals surface area contributed by atoms with Gasteiger partial charge in [-0.15, -0.1) is 11.3 Å². The van der Waals surface area contributed by atoms with Crippen LogP contribution in [-0.2, 0) is 17.8 Å². The fourth-order valence-corrected chi connectivity index (χ4v) is 3.90. The molecule has 148 valence electrons. The van der Waals surface area contributed by atoms with Gasteiger partial charge < -0.3 is 14.6 Å². The summed E-state index contributed by atoms with van der Waals surface area (Å²) >= 11 is 1.70. The number of thiophene rings is 1. The minimum absolute atomic E-state index is 0.0696. The van der Waals surface area contributed by atoms with Crippen LogP contribution in [0.2, 0.25) is 0 Å². The molecule has 0 atom stereocenters. The minimum Gasteiger partial charge on any atom is -0.492 e. The lowest BCUT2D eigenvalue weighted by molar-refractivity contribution is -0.116. The first-order valence-corrected chi connectivity index (χ1v) is 10.5. The Morgan fingerprint density at radius 3 is 2.90 bits per heavy atom. The minimum atomic E-state index is -0.0696. The quantitative estimate of drug-likeness (QED) is 0.467. The number of fused-ring (bicyclic) bond motifs is 1. The Hall–Kier alpha value is -3.19. The molecule has 3 aromatic heterocycles. The number of nitrogens with zero attached hydrogens (tertiary/aromatic N) is 3. The number of para-hydroxylation sites is 2. The van der Waals surface area contributed by atoms with E-state index in [2.05, 4.69) is 26.3 Å². The van der Waals surface area contributed by atoms with Crippen LogP contribution in [0.15, 0.2) is 60.1 Å². The third-order valence-corrected chi connectivity index (χ3v) is 5.37. The number of benzene rings is 1. The van der Waals surface area contributed by atoms with E-state index in [9.17, 15) is 4.79 Å². The van der Waals surface area contributed by atoms with E-state index in [1.807, 2.05) is 49.4 Å². The van der Waals surface area contributed by atoms with Gasteiger partial charge in [0.25, 0.3) is 0 Å². The summed E-state index contributed by atoms with van der Waals surface area (Å²) in [6.45, 7) is 3.17. The van der Waals surface area contributed by atoms with Crippen molar-refractivity contribution in [1.82, 2.24) is 14.5 Å². The molecule has 1 aromatic carbocycles. The van der Waals surface area contributed by atoms with Crippen LogP contribution in [0.1, 0.15) is 24.0 Å². The van der Waals surface area contributed by atoms with Crippen LogP contribution in [0.4, 0.5) is 5.69 Å². The molecule has 0 spiro atoms. The first-order valence-electron chi connectivity index (χ1n) is 9.59. The maximum atomic E-state index is 12.6. The number of aromatic nitrogens is 3. The average Bonchev–Trinajstić information content (AvgIpc) is 3.37. The maximum absolute atomic E-state index is 12.6. The molecule has 3 heterocycles. The number of imidazole rings is 1. The van der Waals surface area contributed by atoms with Gasteiger partial charge in [0.15, 0.2) is 5.65 Å². The highest BCUT2D eigenvalue weighted by Gasteiger charge is 2.15. The van der Waals surface area contributed by atoms with E-state index in [0.717, 1.165) is 17.0 Å². The lowest BCUT2D eigenvalue weighted by Gasteiger charge is -2.11. The number of anilines is 1. The Labute approximate surface area is 173 Å². The highest BCUT2D eigenvalue weighted by molar-refractivity contribution is 7.09. The first kappa shape index (κ1) is 19.1. The summed E-state index contributed by atoms with van der Waals surface area (Å²) in [6.07, 6.45) is 2.63. The van der Waals surface area contributed by atoms with Gasteiger partial charge in [0.2, 0.25) is 5.91 Å². The largest absolute Gasteiger partial charge is 0.492 e. The standard InChI is InChI=1S/C22H22N4O2S/c1-2-28-19-10-4-3-8-17(19)25-21(27)12-11-20-24-18-9-5-13-23-22(18)26(20)15-16-7-6-14-29-16/h3-10,13-14H,2,11-12,15H2,1H3,(H,25,27). The van der Waals surface area contributed by atoms with Crippen LogP contribution in [-0.4, -0.2) is 27.0 Å². The SMILES string of the molecule is CCOc1ccccc1NC(=O)CCc1nc2cccnc2n1Cc1cccs1. The predicted octanol–water partition coefficient (Wildman–Crippen LogP) is 4.51. The molecule has 7 heteroatoms. The molecule has 4 rings (SSSR count). The number of aryl methyl sites for hydroxylation is 1. The van der Waals surface area contributed by atoms with Crippen molar-refractivity contribution in [3.05, 3.63) is 70.8 Å². The maximum Gasteiger partial charge on any atom is 0.224 e. The van der Waals surface area contributed by atoms with Gasteiger partial charge in [-0.25, -0.2) is 9.97 Å². The lowest BCUT2D eigenvalue weighted by Crippen LogP contribution is -2.15. The zero-order chi connectivity index (χ0) is 20.1. The number of ether oxygens (including phenoxy) is 1. The topological polar surface area (TPSA) is 69.0 Å². The molecular formula is C22H22N4O2S.